The van der Waals surface area contributed by atoms with Crippen LogP contribution in [0.15, 0.2) is 101 Å². The molecule has 0 spiro atoms. The van der Waals surface area contributed by atoms with Crippen LogP contribution in [0.4, 0.5) is 0 Å². The van der Waals surface area contributed by atoms with E-state index in [1.807, 2.05) is 74.5 Å². The first-order chi connectivity index (χ1) is 19.4. The first-order valence-corrected chi connectivity index (χ1v) is 13.5. The number of ketones is 1. The molecule has 0 fully saturated rings. The lowest BCUT2D eigenvalue weighted by Gasteiger charge is -2.18. The van der Waals surface area contributed by atoms with Gasteiger partial charge in [0.2, 0.25) is 5.89 Å². The number of carboxylic acids is 1. The van der Waals surface area contributed by atoms with Gasteiger partial charge in [0.25, 0.3) is 0 Å². The normalized spacial score (nSPS) is 12.1. The number of aromatic nitrogens is 1. The molecule has 0 bridgehead atoms. The highest BCUT2D eigenvalue weighted by molar-refractivity contribution is 6.04. The van der Waals surface area contributed by atoms with Gasteiger partial charge in [-0.3, -0.25) is 4.79 Å². The molecular formula is C33H34N2O5. The van der Waals surface area contributed by atoms with E-state index >= 15 is 0 Å². The van der Waals surface area contributed by atoms with E-state index in [0.717, 1.165) is 29.0 Å². The van der Waals surface area contributed by atoms with Crippen molar-refractivity contribution < 1.29 is 23.8 Å². The van der Waals surface area contributed by atoms with E-state index < -0.39 is 12.0 Å². The zero-order valence-electron chi connectivity index (χ0n) is 22.8. The quantitative estimate of drug-likeness (QED) is 0.141. The van der Waals surface area contributed by atoms with Crippen molar-refractivity contribution in [1.82, 2.24) is 10.3 Å². The van der Waals surface area contributed by atoms with Crippen LogP contribution in [0.25, 0.3) is 11.5 Å². The molecule has 0 aliphatic carbocycles. The van der Waals surface area contributed by atoms with Gasteiger partial charge in [-0.1, -0.05) is 74.0 Å². The number of aryl methyl sites for hydroxylation is 1. The molecule has 206 valence electrons. The van der Waals surface area contributed by atoms with Crippen molar-refractivity contribution in [3.63, 3.8) is 0 Å². The van der Waals surface area contributed by atoms with Crippen LogP contribution in [-0.4, -0.2) is 34.5 Å². The monoisotopic (exact) mass is 538 g/mol. The third kappa shape index (κ3) is 7.93. The Hall–Kier alpha value is -4.65. The summed E-state index contributed by atoms with van der Waals surface area (Å²) >= 11 is 0. The van der Waals surface area contributed by atoms with Crippen LogP contribution >= 0.6 is 0 Å². The molecule has 0 aliphatic heterocycles. The molecule has 0 amide bonds. The summed E-state index contributed by atoms with van der Waals surface area (Å²) in [6.07, 6.45) is 3.72. The summed E-state index contributed by atoms with van der Waals surface area (Å²) in [5.41, 5.74) is 3.81. The Morgan fingerprint density at radius 3 is 2.33 bits per heavy atom. The zero-order valence-corrected chi connectivity index (χ0v) is 22.8. The number of carboxylic acid groups (broad SMARTS) is 1. The molecule has 1 heterocycles. The number of aliphatic carboxylic acids is 1. The number of ether oxygens (including phenoxy) is 1. The fraction of sp³-hybridized carbons (Fsp3) is 0.242. The van der Waals surface area contributed by atoms with Crippen molar-refractivity contribution >= 4 is 11.8 Å². The summed E-state index contributed by atoms with van der Waals surface area (Å²) in [5.74, 6) is 0.923. The molecular weight excluding hydrogens is 504 g/mol. The van der Waals surface area contributed by atoms with E-state index in [1.54, 1.807) is 24.3 Å². The average Bonchev–Trinajstić information content (AvgIpc) is 3.34. The van der Waals surface area contributed by atoms with E-state index in [1.165, 1.54) is 6.08 Å². The minimum absolute atomic E-state index is 0.153. The summed E-state index contributed by atoms with van der Waals surface area (Å²) in [4.78, 5) is 29.3. The summed E-state index contributed by atoms with van der Waals surface area (Å²) < 4.78 is 11.7. The van der Waals surface area contributed by atoms with Crippen LogP contribution in [0.3, 0.4) is 0 Å². The molecule has 7 nitrogen and oxygen atoms in total. The minimum Gasteiger partial charge on any atom is -0.493 e. The van der Waals surface area contributed by atoms with Crippen LogP contribution in [0.5, 0.6) is 5.75 Å². The van der Waals surface area contributed by atoms with Crippen molar-refractivity contribution in [1.29, 1.82) is 0 Å². The Bertz CT molecular complexity index is 1430. The molecule has 0 radical (unpaired) electrons. The molecule has 3 aromatic carbocycles. The van der Waals surface area contributed by atoms with Crippen LogP contribution < -0.4 is 10.1 Å². The van der Waals surface area contributed by atoms with E-state index in [0.29, 0.717) is 42.3 Å². The number of carbonyl (C=O) groups is 2. The highest BCUT2D eigenvalue weighted by Gasteiger charge is 2.19. The number of hydrogen-bond acceptors (Lipinski definition) is 6. The second kappa shape index (κ2) is 13.9. The number of rotatable bonds is 14. The van der Waals surface area contributed by atoms with E-state index in [2.05, 4.69) is 10.3 Å². The Morgan fingerprint density at radius 2 is 1.68 bits per heavy atom. The smallest absolute Gasteiger partial charge is 0.326 e. The highest BCUT2D eigenvalue weighted by atomic mass is 16.5. The van der Waals surface area contributed by atoms with E-state index in [-0.39, 0.29) is 12.2 Å². The van der Waals surface area contributed by atoms with Crippen molar-refractivity contribution in [2.24, 2.45) is 0 Å². The average molecular weight is 539 g/mol. The second-order valence-electron chi connectivity index (χ2n) is 9.52. The Kier molecular flexibility index (Phi) is 9.88. The largest absolute Gasteiger partial charge is 0.493 e. The van der Waals surface area contributed by atoms with Crippen LogP contribution in [0, 0.1) is 6.92 Å². The highest BCUT2D eigenvalue weighted by Crippen LogP contribution is 2.22. The fourth-order valence-corrected chi connectivity index (χ4v) is 4.31. The topological polar surface area (TPSA) is 102 Å². The number of hydrogen-bond donors (Lipinski definition) is 2. The fourth-order valence-electron chi connectivity index (χ4n) is 4.31. The maximum absolute atomic E-state index is 12.7. The number of benzene rings is 3. The van der Waals surface area contributed by atoms with E-state index in [9.17, 15) is 14.7 Å². The lowest BCUT2D eigenvalue weighted by molar-refractivity contribution is -0.139. The van der Waals surface area contributed by atoms with Crippen LogP contribution in [0.1, 0.15) is 47.1 Å². The zero-order chi connectivity index (χ0) is 28.3. The Morgan fingerprint density at radius 1 is 1.00 bits per heavy atom. The summed E-state index contributed by atoms with van der Waals surface area (Å²) in [5, 5.41) is 12.9. The molecule has 40 heavy (non-hydrogen) atoms. The summed E-state index contributed by atoms with van der Waals surface area (Å²) in [6, 6.07) is 25.2. The number of oxazole rings is 1. The predicted octanol–water partition coefficient (Wildman–Crippen LogP) is 6.42. The molecule has 0 unspecified atom stereocenters. The molecule has 0 aliphatic rings. The second-order valence-corrected chi connectivity index (χ2v) is 9.52. The van der Waals surface area contributed by atoms with Gasteiger partial charge in [-0.2, -0.15) is 0 Å². The van der Waals surface area contributed by atoms with Gasteiger partial charge < -0.3 is 19.6 Å². The molecule has 0 saturated carbocycles. The van der Waals surface area contributed by atoms with Gasteiger partial charge in [0.1, 0.15) is 17.6 Å². The summed E-state index contributed by atoms with van der Waals surface area (Å²) in [7, 11) is 0. The molecule has 7 heteroatoms. The first-order valence-electron chi connectivity index (χ1n) is 13.5. The lowest BCUT2D eigenvalue weighted by Crippen LogP contribution is -2.38. The number of allylic oxidation sites excluding steroid dienone is 2. The third-order valence-corrected chi connectivity index (χ3v) is 6.42. The minimum atomic E-state index is -0.979. The maximum atomic E-state index is 12.7. The number of carbonyl (C=O) groups excluding carboxylic acids is 1. The first kappa shape index (κ1) is 28.4. The Balaban J connectivity index is 1.33. The lowest BCUT2D eigenvalue weighted by atomic mass is 10.0. The van der Waals surface area contributed by atoms with Crippen LogP contribution in [-0.2, 0) is 17.6 Å². The number of nitrogens with one attached hydrogen (secondary N) is 1. The number of nitrogens with zero attached hydrogens (tertiary/aromatic N) is 1. The van der Waals surface area contributed by atoms with Crippen molar-refractivity contribution in [3.05, 3.63) is 119 Å². The standard InChI is InChI=1S/C33H34N2O5/c1-3-10-27(22-31(36)25-11-6-4-7-12-25)34-30(33(37)38)21-24-15-17-28(18-16-24)39-20-19-29-23(2)40-32(35-29)26-13-8-5-9-14-26/h4-9,11-18,22,30,34H,3,10,19-21H2,1-2H3,(H,37,38)/b27-22+/t30-/m0/s1. The van der Waals surface area contributed by atoms with Crippen LogP contribution in [0.2, 0.25) is 0 Å². The molecule has 1 aromatic heterocycles. The van der Waals surface area contributed by atoms with Crippen molar-refractivity contribution in [3.8, 4) is 17.2 Å². The van der Waals surface area contributed by atoms with Crippen molar-refractivity contribution in [2.75, 3.05) is 6.61 Å². The Labute approximate surface area is 234 Å². The molecule has 4 aromatic rings. The van der Waals surface area contributed by atoms with Gasteiger partial charge in [0, 0.05) is 35.7 Å². The summed E-state index contributed by atoms with van der Waals surface area (Å²) in [6.45, 7) is 4.32. The van der Waals surface area contributed by atoms with Gasteiger partial charge in [0.15, 0.2) is 5.78 Å². The van der Waals surface area contributed by atoms with Gasteiger partial charge >= 0.3 is 5.97 Å². The van der Waals surface area contributed by atoms with Gasteiger partial charge in [0.05, 0.1) is 12.3 Å². The van der Waals surface area contributed by atoms with Gasteiger partial charge in [-0.05, 0) is 43.2 Å². The van der Waals surface area contributed by atoms with E-state index in [4.69, 9.17) is 9.15 Å². The molecule has 1 atom stereocenters. The molecule has 0 saturated heterocycles. The SMILES string of the molecule is CCC/C(=C\C(=O)c1ccccc1)N[C@@H](Cc1ccc(OCCc2nc(-c3ccccc3)oc2C)cc1)C(=O)O. The van der Waals surface area contributed by atoms with Gasteiger partial charge in [-0.25, -0.2) is 9.78 Å². The molecule has 2 N–H and O–H groups in total. The van der Waals surface area contributed by atoms with Gasteiger partial charge in [-0.15, -0.1) is 0 Å². The van der Waals surface area contributed by atoms with Crippen molar-refractivity contribution in [2.45, 2.75) is 45.6 Å². The maximum Gasteiger partial charge on any atom is 0.326 e. The predicted molar refractivity (Wildman–Crippen MR) is 154 cm³/mol. The third-order valence-electron chi connectivity index (χ3n) is 6.42. The molecule has 4 rings (SSSR count).